The summed E-state index contributed by atoms with van der Waals surface area (Å²) in [6.45, 7) is 7.13. The third kappa shape index (κ3) is 8.48. The third-order valence-electron chi connectivity index (χ3n) is 2.41. The van der Waals surface area contributed by atoms with Crippen molar-refractivity contribution in [2.75, 3.05) is 46.9 Å². The lowest BCUT2D eigenvalue weighted by atomic mass is 10.3. The van der Waals surface area contributed by atoms with Crippen LogP contribution in [-0.4, -0.2) is 61.8 Å². The van der Waals surface area contributed by atoms with Crippen LogP contribution >= 0.6 is 0 Å². The minimum atomic E-state index is 0.329. The first-order valence-electron chi connectivity index (χ1n) is 5.68. The van der Waals surface area contributed by atoms with Crippen LogP contribution in [0, 0.1) is 0 Å². The third-order valence-corrected chi connectivity index (χ3v) is 2.41. The fraction of sp³-hybridized carbons (Fsp3) is 1.00. The maximum atomic E-state index is 8.68. The fourth-order valence-electron chi connectivity index (χ4n) is 1.49. The van der Waals surface area contributed by atoms with Gasteiger partial charge in [-0.2, -0.15) is 0 Å². The molecule has 0 aliphatic rings. The molecule has 0 aromatic carbocycles. The average molecular weight is 202 g/mol. The van der Waals surface area contributed by atoms with Gasteiger partial charge in [-0.05, 0) is 59.5 Å². The summed E-state index contributed by atoms with van der Waals surface area (Å²) in [6, 6.07) is 0. The Kier molecular flexibility index (Phi) is 9.35. The Morgan fingerprint density at radius 1 is 0.929 bits per heavy atom. The van der Waals surface area contributed by atoms with Crippen LogP contribution in [0.5, 0.6) is 0 Å². The molecule has 0 amide bonds. The molecule has 0 atom stereocenters. The first-order chi connectivity index (χ1) is 6.70. The van der Waals surface area contributed by atoms with Gasteiger partial charge < -0.3 is 14.9 Å². The van der Waals surface area contributed by atoms with Crippen LogP contribution in [-0.2, 0) is 0 Å². The van der Waals surface area contributed by atoms with Crippen molar-refractivity contribution in [1.29, 1.82) is 0 Å². The van der Waals surface area contributed by atoms with Crippen molar-refractivity contribution in [3.05, 3.63) is 0 Å². The first kappa shape index (κ1) is 13.9. The van der Waals surface area contributed by atoms with Crippen molar-refractivity contribution in [1.82, 2.24) is 9.80 Å². The molecule has 0 fully saturated rings. The van der Waals surface area contributed by atoms with Gasteiger partial charge >= 0.3 is 0 Å². The maximum absolute atomic E-state index is 8.68. The van der Waals surface area contributed by atoms with Crippen LogP contribution in [0.25, 0.3) is 0 Å². The average Bonchev–Trinajstić information content (AvgIpc) is 2.15. The predicted octanol–water partition coefficient (Wildman–Crippen LogP) is 1.03. The molecule has 0 rings (SSSR count). The number of unbranched alkanes of at least 4 members (excludes halogenated alkanes) is 1. The molecule has 0 aliphatic carbocycles. The van der Waals surface area contributed by atoms with Crippen LogP contribution in [0.4, 0.5) is 0 Å². The molecular weight excluding hydrogens is 176 g/mol. The molecule has 0 aromatic rings. The summed E-state index contributed by atoms with van der Waals surface area (Å²) < 4.78 is 0. The van der Waals surface area contributed by atoms with E-state index in [1.807, 2.05) is 0 Å². The minimum absolute atomic E-state index is 0.329. The zero-order valence-electron chi connectivity index (χ0n) is 10.00. The van der Waals surface area contributed by atoms with Crippen molar-refractivity contribution in [3.8, 4) is 0 Å². The predicted molar refractivity (Wildman–Crippen MR) is 61.6 cm³/mol. The lowest BCUT2D eigenvalue weighted by molar-refractivity contribution is 0.239. The molecule has 1 N–H and O–H groups in total. The Morgan fingerprint density at radius 2 is 1.57 bits per heavy atom. The molecule has 3 heteroatoms. The van der Waals surface area contributed by atoms with Crippen molar-refractivity contribution in [2.24, 2.45) is 0 Å². The van der Waals surface area contributed by atoms with Crippen LogP contribution in [0.1, 0.15) is 26.2 Å². The van der Waals surface area contributed by atoms with Crippen LogP contribution in [0.15, 0.2) is 0 Å². The van der Waals surface area contributed by atoms with E-state index in [1.165, 1.54) is 13.0 Å². The molecule has 3 nitrogen and oxygen atoms in total. The van der Waals surface area contributed by atoms with Crippen LogP contribution in [0.2, 0.25) is 0 Å². The Bertz CT molecular complexity index is 118. The van der Waals surface area contributed by atoms with Gasteiger partial charge in [0.2, 0.25) is 0 Å². The highest BCUT2D eigenvalue weighted by Gasteiger charge is 2.01. The molecule has 0 bridgehead atoms. The summed E-state index contributed by atoms with van der Waals surface area (Å²) in [4.78, 5) is 4.68. The Labute approximate surface area is 88.7 Å². The first-order valence-corrected chi connectivity index (χ1v) is 5.68. The quantitative estimate of drug-likeness (QED) is 0.566. The van der Waals surface area contributed by atoms with E-state index < -0.39 is 0 Å². The molecular formula is C11H26N2O. The van der Waals surface area contributed by atoms with Gasteiger partial charge in [0.05, 0.1) is 0 Å². The van der Waals surface area contributed by atoms with Gasteiger partial charge in [0, 0.05) is 6.61 Å². The SMILES string of the molecule is CCN(CCCCO)CCCN(C)C. The second-order valence-corrected chi connectivity index (χ2v) is 4.02. The summed E-state index contributed by atoms with van der Waals surface area (Å²) in [5.74, 6) is 0. The Hall–Kier alpha value is -0.120. The van der Waals surface area contributed by atoms with Gasteiger partial charge in [-0.25, -0.2) is 0 Å². The van der Waals surface area contributed by atoms with E-state index in [0.717, 1.165) is 32.5 Å². The maximum Gasteiger partial charge on any atom is 0.0431 e. The standard InChI is InChI=1S/C11H26N2O/c1-4-13(9-5-6-11-14)10-7-8-12(2)3/h14H,4-11H2,1-3H3. The van der Waals surface area contributed by atoms with Crippen molar-refractivity contribution < 1.29 is 5.11 Å². The number of aliphatic hydroxyl groups excluding tert-OH is 1. The van der Waals surface area contributed by atoms with Gasteiger partial charge in [-0.15, -0.1) is 0 Å². The molecule has 0 saturated heterocycles. The largest absolute Gasteiger partial charge is 0.396 e. The second-order valence-electron chi connectivity index (χ2n) is 4.02. The summed E-state index contributed by atoms with van der Waals surface area (Å²) >= 11 is 0. The molecule has 0 saturated carbocycles. The fourth-order valence-corrected chi connectivity index (χ4v) is 1.49. The van der Waals surface area contributed by atoms with Gasteiger partial charge in [-0.1, -0.05) is 6.92 Å². The lowest BCUT2D eigenvalue weighted by Gasteiger charge is -2.21. The minimum Gasteiger partial charge on any atom is -0.396 e. The van der Waals surface area contributed by atoms with Crippen molar-refractivity contribution in [2.45, 2.75) is 26.2 Å². The van der Waals surface area contributed by atoms with Crippen LogP contribution < -0.4 is 0 Å². The van der Waals surface area contributed by atoms with Gasteiger partial charge in [0.1, 0.15) is 0 Å². The van der Waals surface area contributed by atoms with E-state index in [-0.39, 0.29) is 0 Å². The van der Waals surface area contributed by atoms with E-state index in [4.69, 9.17) is 5.11 Å². The topological polar surface area (TPSA) is 26.7 Å². The van der Waals surface area contributed by atoms with Crippen LogP contribution in [0.3, 0.4) is 0 Å². The van der Waals surface area contributed by atoms with Gasteiger partial charge in [0.15, 0.2) is 0 Å². The summed E-state index contributed by atoms with van der Waals surface area (Å²) in [5.41, 5.74) is 0. The normalized spacial score (nSPS) is 11.6. The van der Waals surface area contributed by atoms with E-state index in [0.29, 0.717) is 6.61 Å². The summed E-state index contributed by atoms with van der Waals surface area (Å²) in [6.07, 6.45) is 3.29. The molecule has 86 valence electrons. The summed E-state index contributed by atoms with van der Waals surface area (Å²) in [7, 11) is 4.23. The zero-order chi connectivity index (χ0) is 10.8. The molecule has 14 heavy (non-hydrogen) atoms. The van der Waals surface area contributed by atoms with E-state index in [2.05, 4.69) is 30.8 Å². The Balaban J connectivity index is 3.38. The van der Waals surface area contributed by atoms with Gasteiger partial charge in [-0.3, -0.25) is 0 Å². The Morgan fingerprint density at radius 3 is 2.07 bits per heavy atom. The monoisotopic (exact) mass is 202 g/mol. The molecule has 0 spiro atoms. The molecule has 0 unspecified atom stereocenters. The molecule has 0 heterocycles. The number of hydrogen-bond acceptors (Lipinski definition) is 3. The van der Waals surface area contributed by atoms with E-state index in [9.17, 15) is 0 Å². The number of hydrogen-bond donors (Lipinski definition) is 1. The molecule has 0 aromatic heterocycles. The highest BCUT2D eigenvalue weighted by molar-refractivity contribution is 4.57. The highest BCUT2D eigenvalue weighted by atomic mass is 16.2. The molecule has 0 aliphatic heterocycles. The van der Waals surface area contributed by atoms with Gasteiger partial charge in [0.25, 0.3) is 0 Å². The van der Waals surface area contributed by atoms with E-state index >= 15 is 0 Å². The molecule has 0 radical (unpaired) electrons. The zero-order valence-corrected chi connectivity index (χ0v) is 10.00. The highest BCUT2D eigenvalue weighted by Crippen LogP contribution is 1.97. The lowest BCUT2D eigenvalue weighted by Crippen LogP contribution is -2.28. The number of rotatable bonds is 9. The second kappa shape index (κ2) is 9.44. The smallest absolute Gasteiger partial charge is 0.0431 e. The van der Waals surface area contributed by atoms with Crippen molar-refractivity contribution in [3.63, 3.8) is 0 Å². The van der Waals surface area contributed by atoms with E-state index in [1.54, 1.807) is 0 Å². The number of aliphatic hydroxyl groups is 1. The summed E-state index contributed by atoms with van der Waals surface area (Å²) in [5, 5.41) is 8.68. The number of nitrogens with zero attached hydrogens (tertiary/aromatic N) is 2. The van der Waals surface area contributed by atoms with Crippen molar-refractivity contribution >= 4 is 0 Å².